The first-order valence-corrected chi connectivity index (χ1v) is 15.0. The number of hydrogen-bond donors (Lipinski definition) is 0. The molecule has 10 heteroatoms. The van der Waals surface area contributed by atoms with Crippen molar-refractivity contribution < 1.29 is 9.18 Å². The summed E-state index contributed by atoms with van der Waals surface area (Å²) in [7, 11) is 0. The molecule has 1 atom stereocenters. The van der Waals surface area contributed by atoms with Crippen LogP contribution in [0.4, 0.5) is 10.2 Å². The van der Waals surface area contributed by atoms with Gasteiger partial charge in [-0.3, -0.25) is 9.78 Å². The molecule has 4 aromatic rings. The number of carbonyl (C=O) groups excluding carboxylic acids is 1. The van der Waals surface area contributed by atoms with Crippen LogP contribution in [0, 0.1) is 12.7 Å². The van der Waals surface area contributed by atoms with Gasteiger partial charge in [0.1, 0.15) is 11.6 Å². The van der Waals surface area contributed by atoms with E-state index in [1.165, 1.54) is 16.7 Å². The van der Waals surface area contributed by atoms with Crippen LogP contribution >= 0.6 is 11.6 Å². The van der Waals surface area contributed by atoms with Crippen molar-refractivity contribution in [1.82, 2.24) is 24.4 Å². The number of amides is 1. The zero-order chi connectivity index (χ0) is 30.6. The Morgan fingerprint density at radius 2 is 1.93 bits per heavy atom. The molecule has 2 fully saturated rings. The van der Waals surface area contributed by atoms with E-state index in [1.54, 1.807) is 17.2 Å². The van der Waals surface area contributed by atoms with Gasteiger partial charge in [-0.1, -0.05) is 38.1 Å². The number of aryl methyl sites for hydroxylation is 1. The summed E-state index contributed by atoms with van der Waals surface area (Å²) in [6.07, 6.45) is 5.17. The molecule has 8 nitrogen and oxygen atoms in total. The van der Waals surface area contributed by atoms with Crippen LogP contribution in [-0.4, -0.2) is 56.0 Å². The molecule has 0 N–H and O–H groups in total. The molecule has 0 spiro atoms. The lowest BCUT2D eigenvalue weighted by atomic mass is 10.0. The molecular weight excluding hydrogens is 567 g/mol. The van der Waals surface area contributed by atoms with E-state index in [2.05, 4.69) is 16.5 Å². The third-order valence-corrected chi connectivity index (χ3v) is 8.69. The molecule has 4 heterocycles. The number of carbonyl (C=O) groups is 1. The maximum Gasteiger partial charge on any atom is 0.355 e. The lowest BCUT2D eigenvalue weighted by molar-refractivity contribution is -0.126. The van der Waals surface area contributed by atoms with E-state index in [0.29, 0.717) is 53.7 Å². The maximum atomic E-state index is 15.4. The van der Waals surface area contributed by atoms with Gasteiger partial charge in [0, 0.05) is 37.4 Å². The minimum absolute atomic E-state index is 0.00598. The largest absolute Gasteiger partial charge is 0.355 e. The molecule has 0 bridgehead atoms. The van der Waals surface area contributed by atoms with Gasteiger partial charge in [0.2, 0.25) is 5.91 Å². The fourth-order valence-electron chi connectivity index (χ4n) is 6.00. The van der Waals surface area contributed by atoms with Gasteiger partial charge in [-0.15, -0.1) is 0 Å². The molecule has 1 aromatic carbocycles. The Morgan fingerprint density at radius 1 is 1.16 bits per heavy atom. The van der Waals surface area contributed by atoms with Gasteiger partial charge in [-0.05, 0) is 80.0 Å². The monoisotopic (exact) mass is 600 g/mol. The van der Waals surface area contributed by atoms with Crippen molar-refractivity contribution in [3.63, 3.8) is 0 Å². The Kier molecular flexibility index (Phi) is 7.54. The van der Waals surface area contributed by atoms with Crippen LogP contribution in [0.5, 0.6) is 0 Å². The van der Waals surface area contributed by atoms with Crippen molar-refractivity contribution in [2.75, 3.05) is 24.5 Å². The zero-order valence-corrected chi connectivity index (χ0v) is 25.5. The summed E-state index contributed by atoms with van der Waals surface area (Å²) in [5, 5.41) is 0.813. The Bertz CT molecular complexity index is 1830. The number of halogens is 2. The second-order valence-electron chi connectivity index (χ2n) is 11.8. The molecule has 0 radical (unpaired) electrons. The number of hydrogen-bond acceptors (Lipinski definition) is 6. The van der Waals surface area contributed by atoms with Crippen LogP contribution in [0.2, 0.25) is 5.02 Å². The van der Waals surface area contributed by atoms with Gasteiger partial charge < -0.3 is 9.80 Å². The molecule has 1 amide bonds. The second kappa shape index (κ2) is 11.2. The highest BCUT2D eigenvalue weighted by atomic mass is 35.5. The topological polar surface area (TPSA) is 84.2 Å². The molecule has 1 aliphatic heterocycles. The number of anilines is 1. The second-order valence-corrected chi connectivity index (χ2v) is 12.2. The average Bonchev–Trinajstić information content (AvgIpc) is 3.83. The lowest BCUT2D eigenvalue weighted by Gasteiger charge is -2.40. The summed E-state index contributed by atoms with van der Waals surface area (Å²) in [4.78, 5) is 44.3. The highest BCUT2D eigenvalue weighted by Crippen LogP contribution is 2.43. The van der Waals surface area contributed by atoms with Crippen LogP contribution in [-0.2, 0) is 4.79 Å². The Hall–Kier alpha value is -4.11. The SMILES string of the molecule is C=CC(=O)N1CCN(c2nc(=O)n(-c3c(C)ccnc3C(C)C)c3nc(-c4cc(C5CC5)ccc4F)c(Cl)cc23)C(C)C1. The van der Waals surface area contributed by atoms with E-state index in [1.807, 2.05) is 50.8 Å². The minimum Gasteiger partial charge on any atom is -0.350 e. The average molecular weight is 601 g/mol. The lowest BCUT2D eigenvalue weighted by Crippen LogP contribution is -2.54. The number of piperazine rings is 1. The third-order valence-electron chi connectivity index (χ3n) is 8.41. The summed E-state index contributed by atoms with van der Waals surface area (Å²) >= 11 is 6.90. The first kappa shape index (κ1) is 29.0. The molecule has 2 aliphatic rings. The third kappa shape index (κ3) is 5.20. The number of benzene rings is 1. The summed E-state index contributed by atoms with van der Waals surface area (Å²) in [5.74, 6) is 0.269. The molecule has 6 rings (SSSR count). The van der Waals surface area contributed by atoms with Crippen molar-refractivity contribution in [2.45, 2.75) is 58.4 Å². The van der Waals surface area contributed by atoms with Crippen molar-refractivity contribution >= 4 is 34.4 Å². The van der Waals surface area contributed by atoms with Crippen LogP contribution in [0.25, 0.3) is 28.0 Å². The predicted molar refractivity (Wildman–Crippen MR) is 168 cm³/mol. The normalized spacial score (nSPS) is 17.1. The van der Waals surface area contributed by atoms with Gasteiger partial charge in [0.15, 0.2) is 5.65 Å². The summed E-state index contributed by atoms with van der Waals surface area (Å²) < 4.78 is 16.9. The Morgan fingerprint density at radius 3 is 2.60 bits per heavy atom. The van der Waals surface area contributed by atoms with Crippen LogP contribution in [0.1, 0.15) is 62.3 Å². The van der Waals surface area contributed by atoms with Crippen molar-refractivity contribution in [1.29, 1.82) is 0 Å². The van der Waals surface area contributed by atoms with Gasteiger partial charge in [0.25, 0.3) is 0 Å². The summed E-state index contributed by atoms with van der Waals surface area (Å²) in [6, 6.07) is 8.53. The highest BCUT2D eigenvalue weighted by Gasteiger charge is 2.31. The molecule has 3 aromatic heterocycles. The molecular formula is C33H34ClFN6O2. The summed E-state index contributed by atoms with van der Waals surface area (Å²) in [5.41, 5.74) is 3.57. The van der Waals surface area contributed by atoms with Crippen molar-refractivity contribution in [2.24, 2.45) is 0 Å². The van der Waals surface area contributed by atoms with Crippen LogP contribution < -0.4 is 10.6 Å². The fraction of sp³-hybridized carbons (Fsp3) is 0.364. The molecule has 1 aliphatic carbocycles. The van der Waals surface area contributed by atoms with Crippen molar-refractivity contribution in [3.05, 3.63) is 87.3 Å². The number of pyridine rings is 2. The molecule has 1 saturated heterocycles. The van der Waals surface area contributed by atoms with E-state index in [9.17, 15) is 9.59 Å². The van der Waals surface area contributed by atoms with Crippen LogP contribution in [0.15, 0.2) is 54.0 Å². The zero-order valence-electron chi connectivity index (χ0n) is 24.8. The Balaban J connectivity index is 1.62. The standard InChI is InChI=1S/C33H34ClFN6O2/c1-6-27(42)39-13-14-40(20(5)17-39)31-24-16-25(34)29(23-15-22(21-7-8-21)9-10-26(23)35)37-32(24)41(33(43)38-31)30-19(4)11-12-36-28(30)18(2)3/h6,9-12,15-16,18,20-21H,1,7-8,13-14,17H2,2-5H3. The first-order valence-electron chi connectivity index (χ1n) is 14.7. The molecule has 1 saturated carbocycles. The molecule has 222 valence electrons. The van der Waals surface area contributed by atoms with E-state index in [4.69, 9.17) is 16.6 Å². The molecule has 43 heavy (non-hydrogen) atoms. The smallest absolute Gasteiger partial charge is 0.350 e. The van der Waals surface area contributed by atoms with Crippen LogP contribution in [0.3, 0.4) is 0 Å². The quantitative estimate of drug-likeness (QED) is 0.246. The van der Waals surface area contributed by atoms with Gasteiger partial charge >= 0.3 is 5.69 Å². The van der Waals surface area contributed by atoms with Gasteiger partial charge in [-0.2, -0.15) is 4.98 Å². The van der Waals surface area contributed by atoms with E-state index in [-0.39, 0.29) is 28.6 Å². The summed E-state index contributed by atoms with van der Waals surface area (Å²) in [6.45, 7) is 12.9. The fourth-order valence-corrected chi connectivity index (χ4v) is 6.25. The predicted octanol–water partition coefficient (Wildman–Crippen LogP) is 6.17. The molecule has 1 unspecified atom stereocenters. The van der Waals surface area contributed by atoms with Gasteiger partial charge in [-0.25, -0.2) is 18.7 Å². The first-order chi connectivity index (χ1) is 20.6. The number of aromatic nitrogens is 4. The Labute approximate surface area is 254 Å². The van der Waals surface area contributed by atoms with Gasteiger partial charge in [0.05, 0.1) is 27.5 Å². The number of nitrogens with zero attached hydrogens (tertiary/aromatic N) is 6. The van der Waals surface area contributed by atoms with E-state index >= 15 is 4.39 Å². The maximum absolute atomic E-state index is 15.4. The number of fused-ring (bicyclic) bond motifs is 1. The number of rotatable bonds is 6. The van der Waals surface area contributed by atoms with E-state index < -0.39 is 11.5 Å². The van der Waals surface area contributed by atoms with E-state index in [0.717, 1.165) is 29.7 Å². The van der Waals surface area contributed by atoms with Crippen molar-refractivity contribution in [3.8, 4) is 16.9 Å². The minimum atomic E-state index is -0.523. The highest BCUT2D eigenvalue weighted by molar-refractivity contribution is 6.33.